The fourth-order valence-electron chi connectivity index (χ4n) is 1.93. The number of alkyl halides is 6. The van der Waals surface area contributed by atoms with E-state index in [1.54, 1.807) is 0 Å². The van der Waals surface area contributed by atoms with Crippen LogP contribution in [0.4, 0.5) is 32.0 Å². The molecule has 0 fully saturated rings. The highest BCUT2D eigenvalue weighted by atomic mass is 19.4. The molecule has 0 saturated carbocycles. The van der Waals surface area contributed by atoms with Crippen LogP contribution in [0.2, 0.25) is 0 Å². The van der Waals surface area contributed by atoms with Gasteiger partial charge < -0.3 is 4.74 Å². The van der Waals surface area contributed by atoms with E-state index in [0.717, 1.165) is 30.3 Å². The van der Waals surface area contributed by atoms with Crippen molar-refractivity contribution in [1.82, 2.24) is 0 Å². The summed E-state index contributed by atoms with van der Waals surface area (Å²) < 4.78 is 79.3. The van der Waals surface area contributed by atoms with Crippen molar-refractivity contribution in [2.24, 2.45) is 0 Å². The number of nitro groups is 1. The molecule has 0 N–H and O–H groups in total. The molecule has 2 aromatic rings. The van der Waals surface area contributed by atoms with Gasteiger partial charge in [-0.25, -0.2) is 0 Å². The topological polar surface area (TPSA) is 52.4 Å². The summed E-state index contributed by atoms with van der Waals surface area (Å²) in [7, 11) is 0. The smallest absolute Gasteiger partial charge is 0.405 e. The molecule has 0 amide bonds. The third-order valence-corrected chi connectivity index (χ3v) is 2.90. The minimum atomic E-state index is -5.10. The van der Waals surface area contributed by atoms with E-state index in [1.807, 2.05) is 0 Å². The number of hydrogen-bond acceptors (Lipinski definition) is 3. The number of ether oxygens (including phenoxy) is 1. The number of rotatable bonds is 3. The molecule has 2 aromatic carbocycles. The van der Waals surface area contributed by atoms with Gasteiger partial charge in [0.25, 0.3) is 5.69 Å². The summed E-state index contributed by atoms with van der Waals surface area (Å²) in [6.45, 7) is 0. The number of nitrogens with zero attached hydrogens (tertiary/aromatic N) is 1. The lowest BCUT2D eigenvalue weighted by Crippen LogP contribution is -2.17. The third-order valence-electron chi connectivity index (χ3n) is 2.90. The lowest BCUT2D eigenvalue weighted by molar-refractivity contribution is -0.384. The fourth-order valence-corrected chi connectivity index (χ4v) is 1.93. The Bertz CT molecular complexity index is 770. The van der Waals surface area contributed by atoms with Crippen molar-refractivity contribution in [3.8, 4) is 16.9 Å². The largest absolute Gasteiger partial charge is 0.573 e. The molecule has 0 spiro atoms. The Morgan fingerprint density at radius 2 is 1.62 bits per heavy atom. The second-order valence-electron chi connectivity index (χ2n) is 4.56. The molecule has 0 aliphatic heterocycles. The zero-order valence-electron chi connectivity index (χ0n) is 11.5. The van der Waals surface area contributed by atoms with Crippen molar-refractivity contribution < 1.29 is 36.0 Å². The third kappa shape index (κ3) is 4.15. The molecule has 4 nitrogen and oxygen atoms in total. The summed E-state index contributed by atoms with van der Waals surface area (Å²) in [5.41, 5.74) is -2.47. The van der Waals surface area contributed by atoms with Crippen molar-refractivity contribution in [3.05, 3.63) is 58.1 Å². The van der Waals surface area contributed by atoms with Gasteiger partial charge in [0, 0.05) is 17.7 Å². The van der Waals surface area contributed by atoms with Crippen molar-refractivity contribution in [2.45, 2.75) is 12.5 Å². The van der Waals surface area contributed by atoms with E-state index < -0.39 is 40.0 Å². The number of nitro benzene ring substituents is 1. The first-order chi connectivity index (χ1) is 11.0. The second-order valence-corrected chi connectivity index (χ2v) is 4.56. The van der Waals surface area contributed by atoms with Crippen LogP contribution in [0.5, 0.6) is 5.75 Å². The highest BCUT2D eigenvalue weighted by Gasteiger charge is 2.34. The molecular weight excluding hydrogens is 344 g/mol. The molecule has 128 valence electrons. The van der Waals surface area contributed by atoms with Crippen LogP contribution in [0, 0.1) is 10.1 Å². The number of benzene rings is 2. The number of hydrogen-bond donors (Lipinski definition) is 0. The minimum absolute atomic E-state index is 0.298. The van der Waals surface area contributed by atoms with Crippen molar-refractivity contribution in [1.29, 1.82) is 0 Å². The van der Waals surface area contributed by atoms with Crippen molar-refractivity contribution in [2.75, 3.05) is 0 Å². The molecule has 0 bridgehead atoms. The van der Waals surface area contributed by atoms with Crippen LogP contribution in [-0.4, -0.2) is 11.3 Å². The standard InChI is InChI=1S/C14H7F6NO3/c15-13(16,17)9-3-1-2-8(6-9)11-7-10(21(22)23)4-5-12(11)24-14(18,19)20/h1-7H. The number of non-ortho nitro benzene ring substituents is 1. The first-order valence-electron chi connectivity index (χ1n) is 6.19. The average Bonchev–Trinajstić information content (AvgIpc) is 2.45. The van der Waals surface area contributed by atoms with Gasteiger partial charge in [0.1, 0.15) is 5.75 Å². The van der Waals surface area contributed by atoms with Gasteiger partial charge in [0.2, 0.25) is 0 Å². The maximum absolute atomic E-state index is 12.7. The van der Waals surface area contributed by atoms with Crippen LogP contribution in [0.3, 0.4) is 0 Å². The summed E-state index contributed by atoms with van der Waals surface area (Å²) in [6.07, 6.45) is -9.83. The molecule has 0 unspecified atom stereocenters. The Hall–Kier alpha value is -2.78. The Morgan fingerprint density at radius 3 is 2.17 bits per heavy atom. The van der Waals surface area contributed by atoms with E-state index in [1.165, 1.54) is 0 Å². The van der Waals surface area contributed by atoms with Crippen LogP contribution < -0.4 is 4.74 Å². The van der Waals surface area contributed by atoms with Gasteiger partial charge >= 0.3 is 12.5 Å². The van der Waals surface area contributed by atoms with Crippen LogP contribution in [-0.2, 0) is 6.18 Å². The van der Waals surface area contributed by atoms with Gasteiger partial charge in [-0.05, 0) is 23.8 Å². The summed E-state index contributed by atoms with van der Waals surface area (Å²) in [4.78, 5) is 9.89. The molecule has 0 aromatic heterocycles. The molecule has 0 aliphatic carbocycles. The Balaban J connectivity index is 2.62. The minimum Gasteiger partial charge on any atom is -0.405 e. The first kappa shape index (κ1) is 17.6. The molecule has 0 saturated heterocycles. The molecule has 0 aliphatic rings. The molecule has 0 atom stereocenters. The summed E-state index contributed by atoms with van der Waals surface area (Å²) in [5, 5.41) is 10.8. The van der Waals surface area contributed by atoms with E-state index in [4.69, 9.17) is 0 Å². The van der Waals surface area contributed by atoms with E-state index in [0.29, 0.717) is 12.1 Å². The molecule has 0 radical (unpaired) electrons. The molecular formula is C14H7F6NO3. The van der Waals surface area contributed by atoms with E-state index in [-0.39, 0.29) is 5.56 Å². The zero-order valence-corrected chi connectivity index (χ0v) is 11.5. The van der Waals surface area contributed by atoms with Crippen LogP contribution in [0.1, 0.15) is 5.56 Å². The summed E-state index contributed by atoms with van der Waals surface area (Å²) in [6, 6.07) is 5.55. The predicted octanol–water partition coefficient (Wildman–Crippen LogP) is 5.18. The summed E-state index contributed by atoms with van der Waals surface area (Å²) >= 11 is 0. The monoisotopic (exact) mass is 351 g/mol. The maximum atomic E-state index is 12.7. The fraction of sp³-hybridized carbons (Fsp3) is 0.143. The normalized spacial score (nSPS) is 12.1. The van der Waals surface area contributed by atoms with Gasteiger partial charge in [0.05, 0.1) is 10.5 Å². The van der Waals surface area contributed by atoms with Crippen LogP contribution in [0.25, 0.3) is 11.1 Å². The molecule has 10 heteroatoms. The SMILES string of the molecule is O=[N+]([O-])c1ccc(OC(F)(F)F)c(-c2cccc(C(F)(F)F)c2)c1. The molecule has 2 rings (SSSR count). The Labute approximate surface area is 130 Å². The van der Waals surface area contributed by atoms with E-state index in [2.05, 4.69) is 4.74 Å². The maximum Gasteiger partial charge on any atom is 0.573 e. The quantitative estimate of drug-likeness (QED) is 0.435. The van der Waals surface area contributed by atoms with Gasteiger partial charge in [-0.2, -0.15) is 13.2 Å². The van der Waals surface area contributed by atoms with Crippen LogP contribution >= 0.6 is 0 Å². The Morgan fingerprint density at radius 1 is 0.958 bits per heavy atom. The van der Waals surface area contributed by atoms with E-state index >= 15 is 0 Å². The molecule has 0 heterocycles. The van der Waals surface area contributed by atoms with Crippen LogP contribution in [0.15, 0.2) is 42.5 Å². The second kappa shape index (κ2) is 6.02. The highest BCUT2D eigenvalue weighted by molar-refractivity contribution is 5.73. The van der Waals surface area contributed by atoms with Crippen molar-refractivity contribution in [3.63, 3.8) is 0 Å². The first-order valence-corrected chi connectivity index (χ1v) is 6.19. The highest BCUT2D eigenvalue weighted by Crippen LogP contribution is 2.38. The van der Waals surface area contributed by atoms with Gasteiger partial charge in [0.15, 0.2) is 0 Å². The van der Waals surface area contributed by atoms with Gasteiger partial charge in [-0.3, -0.25) is 10.1 Å². The Kier molecular flexibility index (Phi) is 4.41. The van der Waals surface area contributed by atoms with E-state index in [9.17, 15) is 36.5 Å². The zero-order chi connectivity index (χ0) is 18.1. The molecule has 24 heavy (non-hydrogen) atoms. The lowest BCUT2D eigenvalue weighted by atomic mass is 10.0. The summed E-state index contributed by atoms with van der Waals surface area (Å²) in [5.74, 6) is -0.840. The van der Waals surface area contributed by atoms with Gasteiger partial charge in [-0.1, -0.05) is 12.1 Å². The lowest BCUT2D eigenvalue weighted by Gasteiger charge is -2.14. The van der Waals surface area contributed by atoms with Crippen molar-refractivity contribution >= 4 is 5.69 Å². The number of halogens is 6. The predicted molar refractivity (Wildman–Crippen MR) is 70.2 cm³/mol. The van der Waals surface area contributed by atoms with Gasteiger partial charge in [-0.15, -0.1) is 13.2 Å². The average molecular weight is 351 g/mol.